The molecule has 1 amide bonds. The lowest BCUT2D eigenvalue weighted by atomic mass is 10.1. The molecule has 0 saturated carbocycles. The van der Waals surface area contributed by atoms with E-state index in [0.717, 1.165) is 27.5 Å². The number of aromatic nitrogens is 1. The van der Waals surface area contributed by atoms with E-state index in [1.54, 1.807) is 23.5 Å². The van der Waals surface area contributed by atoms with Crippen LogP contribution in [0.1, 0.15) is 32.6 Å². The number of nitrogens with zero attached hydrogens (tertiary/aromatic N) is 2. The van der Waals surface area contributed by atoms with E-state index in [2.05, 4.69) is 58.9 Å². The molecule has 1 atom stereocenters. The molecule has 5 aromatic rings. The minimum absolute atomic E-state index is 0.215. The van der Waals surface area contributed by atoms with Gasteiger partial charge >= 0.3 is 5.97 Å². The van der Waals surface area contributed by atoms with Crippen molar-refractivity contribution in [1.82, 2.24) is 10.3 Å². The van der Waals surface area contributed by atoms with E-state index < -0.39 is 17.9 Å². The van der Waals surface area contributed by atoms with Gasteiger partial charge in [0, 0.05) is 36.0 Å². The van der Waals surface area contributed by atoms with Gasteiger partial charge in [-0.05, 0) is 35.7 Å². The van der Waals surface area contributed by atoms with Gasteiger partial charge in [-0.15, -0.1) is 11.3 Å². The van der Waals surface area contributed by atoms with E-state index in [-0.39, 0.29) is 6.42 Å². The number of carboxylic acids is 1. The van der Waals surface area contributed by atoms with Crippen LogP contribution in [0, 0.1) is 6.92 Å². The zero-order chi connectivity index (χ0) is 28.6. The van der Waals surface area contributed by atoms with Gasteiger partial charge in [-0.1, -0.05) is 103 Å². The predicted octanol–water partition coefficient (Wildman–Crippen LogP) is 6.75. The number of anilines is 1. The molecule has 0 aliphatic carbocycles. The molecule has 0 bridgehead atoms. The Bertz CT molecular complexity index is 1580. The Morgan fingerprint density at radius 2 is 1.39 bits per heavy atom. The molecule has 0 fully saturated rings. The van der Waals surface area contributed by atoms with Gasteiger partial charge in [0.15, 0.2) is 5.13 Å². The fraction of sp³-hybridized carbons (Fsp3) is 0.147. The van der Waals surface area contributed by atoms with Gasteiger partial charge in [-0.3, -0.25) is 4.79 Å². The van der Waals surface area contributed by atoms with Crippen molar-refractivity contribution in [3.05, 3.63) is 142 Å². The van der Waals surface area contributed by atoms with E-state index in [1.165, 1.54) is 11.1 Å². The number of hydrogen-bond donors (Lipinski definition) is 2. The third-order valence-electron chi connectivity index (χ3n) is 6.80. The zero-order valence-electron chi connectivity index (χ0n) is 22.7. The van der Waals surface area contributed by atoms with Crippen LogP contribution in [0.15, 0.2) is 115 Å². The predicted molar refractivity (Wildman–Crippen MR) is 164 cm³/mol. The number of thiazole rings is 1. The van der Waals surface area contributed by atoms with Crippen LogP contribution < -0.4 is 10.2 Å². The van der Waals surface area contributed by atoms with Crippen molar-refractivity contribution < 1.29 is 14.7 Å². The van der Waals surface area contributed by atoms with Crippen molar-refractivity contribution in [3.63, 3.8) is 0 Å². The second-order valence-electron chi connectivity index (χ2n) is 9.97. The molecule has 2 N–H and O–H groups in total. The number of carboxylic acid groups (broad SMARTS) is 1. The van der Waals surface area contributed by atoms with Crippen LogP contribution >= 0.6 is 11.3 Å². The second-order valence-corrected chi connectivity index (χ2v) is 10.8. The quantitative estimate of drug-likeness (QED) is 0.186. The molecular weight excluding hydrogens is 530 g/mol. The van der Waals surface area contributed by atoms with Crippen LogP contribution in [-0.2, 0) is 24.3 Å². The van der Waals surface area contributed by atoms with Gasteiger partial charge in [0.05, 0.1) is 5.69 Å². The Labute approximate surface area is 244 Å². The van der Waals surface area contributed by atoms with Crippen LogP contribution in [0.5, 0.6) is 0 Å². The highest BCUT2D eigenvalue weighted by atomic mass is 32.1. The molecule has 41 heavy (non-hydrogen) atoms. The normalized spacial score (nSPS) is 11.5. The molecular formula is C34H31N3O3S. The largest absolute Gasteiger partial charge is 0.480 e. The number of aryl methyl sites for hydroxylation is 1. The zero-order valence-corrected chi connectivity index (χ0v) is 23.6. The molecule has 0 radical (unpaired) electrons. The number of carbonyl (C=O) groups is 2. The lowest BCUT2D eigenvalue weighted by Crippen LogP contribution is -2.42. The Kier molecular flexibility index (Phi) is 8.86. The third kappa shape index (κ3) is 7.47. The minimum Gasteiger partial charge on any atom is -0.480 e. The van der Waals surface area contributed by atoms with E-state index >= 15 is 0 Å². The number of carbonyl (C=O) groups excluding carboxylic acids is 1. The summed E-state index contributed by atoms with van der Waals surface area (Å²) in [5.74, 6) is -1.48. The van der Waals surface area contributed by atoms with Crippen molar-refractivity contribution in [3.8, 4) is 11.3 Å². The third-order valence-corrected chi connectivity index (χ3v) is 7.70. The summed E-state index contributed by atoms with van der Waals surface area (Å²) in [7, 11) is 0. The van der Waals surface area contributed by atoms with E-state index in [1.807, 2.05) is 60.7 Å². The van der Waals surface area contributed by atoms with Crippen LogP contribution in [0.25, 0.3) is 11.3 Å². The van der Waals surface area contributed by atoms with Gasteiger partial charge in [0.1, 0.15) is 6.04 Å². The average Bonchev–Trinajstić information content (AvgIpc) is 3.49. The first-order valence-electron chi connectivity index (χ1n) is 13.4. The number of hydrogen-bond acceptors (Lipinski definition) is 5. The summed E-state index contributed by atoms with van der Waals surface area (Å²) in [6.07, 6.45) is 0.215. The number of benzene rings is 4. The highest BCUT2D eigenvalue weighted by Gasteiger charge is 2.21. The smallest absolute Gasteiger partial charge is 0.326 e. The van der Waals surface area contributed by atoms with Crippen molar-refractivity contribution >= 4 is 28.3 Å². The molecule has 206 valence electrons. The highest BCUT2D eigenvalue weighted by Crippen LogP contribution is 2.30. The molecule has 1 heterocycles. The number of aliphatic carboxylic acids is 1. The fourth-order valence-electron chi connectivity index (χ4n) is 4.53. The maximum absolute atomic E-state index is 12.9. The molecule has 0 aliphatic heterocycles. The fourth-order valence-corrected chi connectivity index (χ4v) is 5.37. The highest BCUT2D eigenvalue weighted by molar-refractivity contribution is 7.14. The summed E-state index contributed by atoms with van der Waals surface area (Å²) < 4.78 is 0. The van der Waals surface area contributed by atoms with Gasteiger partial charge in [0.2, 0.25) is 0 Å². The molecule has 1 aromatic heterocycles. The molecule has 6 nitrogen and oxygen atoms in total. The molecule has 0 spiro atoms. The number of rotatable bonds is 11. The minimum atomic E-state index is -1.07. The van der Waals surface area contributed by atoms with E-state index in [0.29, 0.717) is 18.7 Å². The number of amides is 1. The summed E-state index contributed by atoms with van der Waals surface area (Å²) in [5, 5.41) is 15.3. The topological polar surface area (TPSA) is 82.5 Å². The molecule has 0 saturated heterocycles. The van der Waals surface area contributed by atoms with E-state index in [4.69, 9.17) is 4.98 Å². The lowest BCUT2D eigenvalue weighted by Gasteiger charge is -2.22. The molecule has 4 aromatic carbocycles. The van der Waals surface area contributed by atoms with Crippen molar-refractivity contribution in [2.45, 2.75) is 32.5 Å². The second kappa shape index (κ2) is 13.1. The Balaban J connectivity index is 1.31. The Morgan fingerprint density at radius 1 is 0.805 bits per heavy atom. The first kappa shape index (κ1) is 27.8. The van der Waals surface area contributed by atoms with Crippen molar-refractivity contribution in [2.24, 2.45) is 0 Å². The first-order valence-corrected chi connectivity index (χ1v) is 14.3. The van der Waals surface area contributed by atoms with Crippen LogP contribution in [0.3, 0.4) is 0 Å². The van der Waals surface area contributed by atoms with Gasteiger partial charge in [0.25, 0.3) is 5.91 Å². The first-order chi connectivity index (χ1) is 19.9. The Morgan fingerprint density at radius 3 is 2.00 bits per heavy atom. The maximum atomic E-state index is 12.9. The molecule has 7 heteroatoms. The number of nitrogens with one attached hydrogen (secondary N) is 1. The van der Waals surface area contributed by atoms with Crippen molar-refractivity contribution in [2.75, 3.05) is 4.90 Å². The average molecular weight is 562 g/mol. The standard InChI is InChI=1S/C34H31N3O3S/c1-24-12-16-28(17-13-24)31-23-41-34(36-31)37(21-26-10-6-3-7-11-26)22-27-14-18-29(19-15-27)32(38)35-30(33(39)40)20-25-8-4-2-5-9-25/h2-19,23,30H,20-22H2,1H3,(H,35,38)(H,39,40). The monoisotopic (exact) mass is 561 g/mol. The summed E-state index contributed by atoms with van der Waals surface area (Å²) >= 11 is 1.61. The lowest BCUT2D eigenvalue weighted by molar-refractivity contribution is -0.139. The molecule has 1 unspecified atom stereocenters. The van der Waals surface area contributed by atoms with Crippen LogP contribution in [0.2, 0.25) is 0 Å². The van der Waals surface area contributed by atoms with Crippen LogP contribution in [-0.4, -0.2) is 28.0 Å². The van der Waals surface area contributed by atoms with Gasteiger partial charge < -0.3 is 15.3 Å². The van der Waals surface area contributed by atoms with E-state index in [9.17, 15) is 14.7 Å². The molecule has 5 rings (SSSR count). The van der Waals surface area contributed by atoms with Gasteiger partial charge in [-0.25, -0.2) is 9.78 Å². The van der Waals surface area contributed by atoms with Crippen molar-refractivity contribution in [1.29, 1.82) is 0 Å². The summed E-state index contributed by atoms with van der Waals surface area (Å²) in [5.41, 5.74) is 6.69. The van der Waals surface area contributed by atoms with Gasteiger partial charge in [-0.2, -0.15) is 0 Å². The summed E-state index contributed by atoms with van der Waals surface area (Å²) in [6.45, 7) is 3.36. The Hall–Kier alpha value is -4.75. The molecule has 0 aliphatic rings. The SMILES string of the molecule is Cc1ccc(-c2csc(N(Cc3ccccc3)Cc3ccc(C(=O)NC(Cc4ccccc4)C(=O)O)cc3)n2)cc1. The maximum Gasteiger partial charge on any atom is 0.326 e. The summed E-state index contributed by atoms with van der Waals surface area (Å²) in [6, 6.07) is 34.2. The van der Waals surface area contributed by atoms with Crippen LogP contribution in [0.4, 0.5) is 5.13 Å². The summed E-state index contributed by atoms with van der Waals surface area (Å²) in [4.78, 5) is 31.9.